The van der Waals surface area contributed by atoms with Crippen LogP contribution in [0.15, 0.2) is 0 Å². The zero-order valence-corrected chi connectivity index (χ0v) is 91.9. The molecule has 0 unspecified atom stereocenters. The largest absolute Gasteiger partial charge is 0 e. The van der Waals surface area contributed by atoms with Gasteiger partial charge in [-0.1, -0.05) is 0 Å². The summed E-state index contributed by atoms with van der Waals surface area (Å²) < 4.78 is 0. The molecule has 0 spiro atoms. The van der Waals surface area contributed by atoms with Crippen molar-refractivity contribution in [3.8, 4) is 0 Å². The van der Waals surface area contributed by atoms with Gasteiger partial charge < -0.3 is 0 Å². The summed E-state index contributed by atoms with van der Waals surface area (Å²) in [4.78, 5) is 0. The molecule has 0 rings (SSSR count). The summed E-state index contributed by atoms with van der Waals surface area (Å²) in [5.41, 5.74) is 0. The zero-order chi connectivity index (χ0) is 0. The third-order valence-electron chi connectivity index (χ3n) is 0. The average molecular weight is 1630 g/mol. The molecule has 0 bridgehead atoms. The molecule has 0 fully saturated rings. The van der Waals surface area contributed by atoms with Crippen molar-refractivity contribution in [1.29, 1.82) is 0 Å². The van der Waals surface area contributed by atoms with Crippen LogP contribution in [-0.2, 0) is 487 Å². The molecule has 0 heterocycles. The van der Waals surface area contributed by atoms with Gasteiger partial charge in [-0.2, -0.15) is 0 Å². The second-order valence-corrected chi connectivity index (χ2v) is 0. The Kier molecular flexibility index (Phi) is 2540. The molecular formula is Zn25. The fraction of sp³-hybridized carbons (Fsp3) is 0. The second kappa shape index (κ2) is 243. The topological polar surface area (TPSA) is 0 Å². The molecule has 0 saturated carbocycles. The van der Waals surface area contributed by atoms with Gasteiger partial charge in [0.25, 0.3) is 0 Å². The van der Waals surface area contributed by atoms with Gasteiger partial charge in [-0.25, -0.2) is 0 Å². The van der Waals surface area contributed by atoms with E-state index in [1.165, 1.54) is 0 Å². The van der Waals surface area contributed by atoms with Gasteiger partial charge in [-0.05, 0) is 0 Å². The number of hydrogen-bond acceptors (Lipinski definition) is 0. The van der Waals surface area contributed by atoms with E-state index in [0.717, 1.165) is 0 Å². The normalized spacial score (nSPS) is 0. The van der Waals surface area contributed by atoms with Crippen LogP contribution >= 0.6 is 0 Å². The Balaban J connectivity index is 0. The molecule has 0 nitrogen and oxygen atoms in total. The first kappa shape index (κ1) is 262. The first-order valence-corrected chi connectivity index (χ1v) is 0. The minimum Gasteiger partial charge on any atom is 0 e. The fourth-order valence-electron chi connectivity index (χ4n) is 0. The number of hydrogen-bond donors (Lipinski definition) is 0. The van der Waals surface area contributed by atoms with E-state index in [9.17, 15) is 0 Å². The standard InChI is InChI=1S/25Zn. The third-order valence-corrected chi connectivity index (χ3v) is 0. The van der Waals surface area contributed by atoms with Gasteiger partial charge >= 0.3 is 0 Å². The van der Waals surface area contributed by atoms with E-state index in [4.69, 9.17) is 0 Å². The first-order chi connectivity index (χ1) is 0. The molecule has 0 saturated heterocycles. The van der Waals surface area contributed by atoms with Gasteiger partial charge in [0.1, 0.15) is 0 Å². The predicted octanol–water partition coefficient (Wildman–Crippen LogP) is -0.0625. The molecule has 0 N–H and O–H groups in total. The Morgan fingerprint density at radius 1 is 0.0400 bits per heavy atom. The Morgan fingerprint density at radius 2 is 0.0400 bits per heavy atom. The smallest absolute Gasteiger partial charge is 0 e. The summed E-state index contributed by atoms with van der Waals surface area (Å²) in [6.07, 6.45) is 0. The van der Waals surface area contributed by atoms with E-state index in [1.54, 1.807) is 0 Å². The molecule has 0 aliphatic rings. The van der Waals surface area contributed by atoms with Crippen LogP contribution in [-0.4, -0.2) is 0 Å². The maximum atomic E-state index is 0. The summed E-state index contributed by atoms with van der Waals surface area (Å²) in [6.45, 7) is 0. The van der Waals surface area contributed by atoms with E-state index >= 15 is 0 Å². The molecule has 0 aliphatic carbocycles. The Bertz CT molecular complexity index is 0. The third kappa shape index (κ3) is 230. The minimum absolute atomic E-state index is 0. The molecule has 25 heavy (non-hydrogen) atoms. The van der Waals surface area contributed by atoms with Crippen LogP contribution < -0.4 is 0 Å². The Labute approximate surface area is 473 Å². The van der Waals surface area contributed by atoms with Crippen molar-refractivity contribution in [3.63, 3.8) is 0 Å². The van der Waals surface area contributed by atoms with Crippen molar-refractivity contribution in [3.05, 3.63) is 0 Å². The van der Waals surface area contributed by atoms with Crippen molar-refractivity contribution >= 4 is 0 Å². The Morgan fingerprint density at radius 3 is 0.0400 bits per heavy atom. The second-order valence-electron chi connectivity index (χ2n) is 0. The number of rotatable bonds is 0. The maximum absolute atomic E-state index is 0. The van der Waals surface area contributed by atoms with Gasteiger partial charge in [0.2, 0.25) is 0 Å². The van der Waals surface area contributed by atoms with Crippen LogP contribution in [0, 0.1) is 0 Å². The van der Waals surface area contributed by atoms with E-state index in [-0.39, 0.29) is 487 Å². The van der Waals surface area contributed by atoms with Crippen LogP contribution in [0.2, 0.25) is 0 Å². The SMILES string of the molecule is [Zn].[Zn].[Zn].[Zn].[Zn].[Zn].[Zn].[Zn].[Zn].[Zn].[Zn].[Zn].[Zn].[Zn].[Zn].[Zn].[Zn].[Zn].[Zn].[Zn].[Zn].[Zn].[Zn].[Zn].[Zn]. The molecule has 0 aromatic carbocycles. The molecule has 0 amide bonds. The van der Waals surface area contributed by atoms with Crippen molar-refractivity contribution in [2.45, 2.75) is 0 Å². The van der Waals surface area contributed by atoms with Gasteiger partial charge in [0, 0.05) is 487 Å². The molecule has 25 heteroatoms. The summed E-state index contributed by atoms with van der Waals surface area (Å²) in [5.74, 6) is 0. The van der Waals surface area contributed by atoms with Gasteiger partial charge in [-0.15, -0.1) is 0 Å². The molecule has 0 aromatic heterocycles. The molecular weight excluding hydrogens is 1630 g/mol. The van der Waals surface area contributed by atoms with Crippen LogP contribution in [0.4, 0.5) is 0 Å². The van der Waals surface area contributed by atoms with E-state index in [2.05, 4.69) is 0 Å². The zero-order valence-electron chi connectivity index (χ0n) is 17.7. The van der Waals surface area contributed by atoms with Gasteiger partial charge in [0.15, 0.2) is 0 Å². The van der Waals surface area contributed by atoms with Crippen molar-refractivity contribution in [1.82, 2.24) is 0 Å². The summed E-state index contributed by atoms with van der Waals surface area (Å²) >= 11 is 0. The predicted molar refractivity (Wildman–Crippen MR) is 0 cm³/mol. The van der Waals surface area contributed by atoms with Crippen molar-refractivity contribution < 1.29 is 487 Å². The minimum atomic E-state index is 0. The molecule has 0 aromatic rings. The van der Waals surface area contributed by atoms with Gasteiger partial charge in [0.05, 0.1) is 0 Å². The first-order valence-electron chi connectivity index (χ1n) is 0. The summed E-state index contributed by atoms with van der Waals surface area (Å²) in [5, 5.41) is 0. The average Bonchev–Trinajstić information content (AvgIpc) is 0. The van der Waals surface area contributed by atoms with Crippen molar-refractivity contribution in [2.75, 3.05) is 0 Å². The summed E-state index contributed by atoms with van der Waals surface area (Å²) in [6, 6.07) is 0. The monoisotopic (exact) mass is 1600 g/mol. The van der Waals surface area contributed by atoms with Crippen LogP contribution in [0.3, 0.4) is 0 Å². The maximum Gasteiger partial charge on any atom is 0 e. The van der Waals surface area contributed by atoms with Crippen LogP contribution in [0.1, 0.15) is 0 Å². The van der Waals surface area contributed by atoms with E-state index in [1.807, 2.05) is 0 Å². The molecule has 50 valence electrons. The molecule has 0 radical (unpaired) electrons. The fourth-order valence-corrected chi connectivity index (χ4v) is 0. The van der Waals surface area contributed by atoms with Crippen molar-refractivity contribution in [2.24, 2.45) is 0 Å². The van der Waals surface area contributed by atoms with E-state index in [0.29, 0.717) is 0 Å². The van der Waals surface area contributed by atoms with Crippen LogP contribution in [0.5, 0.6) is 0 Å². The van der Waals surface area contributed by atoms with E-state index < -0.39 is 0 Å². The Hall–Kier alpha value is 15.6. The quantitative estimate of drug-likeness (QED) is 0.299. The molecule has 0 atom stereocenters. The van der Waals surface area contributed by atoms with Crippen LogP contribution in [0.25, 0.3) is 0 Å². The molecule has 0 aliphatic heterocycles. The van der Waals surface area contributed by atoms with Gasteiger partial charge in [-0.3, -0.25) is 0 Å². The summed E-state index contributed by atoms with van der Waals surface area (Å²) in [7, 11) is 0.